The first-order valence-corrected chi connectivity index (χ1v) is 7.52. The van der Waals surface area contributed by atoms with E-state index < -0.39 is 0 Å². The molecule has 0 unspecified atom stereocenters. The van der Waals surface area contributed by atoms with E-state index in [2.05, 4.69) is 59.5 Å². The Morgan fingerprint density at radius 1 is 1.24 bits per heavy atom. The molecule has 0 bridgehead atoms. The van der Waals surface area contributed by atoms with Gasteiger partial charge in [0.1, 0.15) is 0 Å². The van der Waals surface area contributed by atoms with Gasteiger partial charge >= 0.3 is 4.50 Å². The van der Waals surface area contributed by atoms with Crippen molar-refractivity contribution < 1.29 is 0 Å². The van der Waals surface area contributed by atoms with Crippen molar-refractivity contribution in [3.8, 4) is 0 Å². The fourth-order valence-corrected chi connectivity index (χ4v) is 3.26. The van der Waals surface area contributed by atoms with Gasteiger partial charge in [0, 0.05) is 18.1 Å². The highest BCUT2D eigenvalue weighted by molar-refractivity contribution is 9.49. The number of halogens is 2. The van der Waals surface area contributed by atoms with Crippen LogP contribution in [0.1, 0.15) is 12.0 Å². The van der Waals surface area contributed by atoms with Crippen molar-refractivity contribution in [3.63, 3.8) is 0 Å². The van der Waals surface area contributed by atoms with Gasteiger partial charge < -0.3 is 4.81 Å². The summed E-state index contributed by atoms with van der Waals surface area (Å²) in [5, 5.41) is 1.21. The van der Waals surface area contributed by atoms with Crippen molar-refractivity contribution in [1.82, 2.24) is 4.98 Å². The van der Waals surface area contributed by atoms with Crippen molar-refractivity contribution in [2.75, 3.05) is 11.4 Å². The minimum atomic E-state index is 0.168. The first kappa shape index (κ1) is 11.5. The van der Waals surface area contributed by atoms with Gasteiger partial charge in [-0.1, -0.05) is 18.2 Å². The Kier molecular flexibility index (Phi) is 3.13. The lowest BCUT2D eigenvalue weighted by Gasteiger charge is -2.32. The van der Waals surface area contributed by atoms with E-state index in [0.717, 1.165) is 18.5 Å². The predicted octanol–water partition coefficient (Wildman–Crippen LogP) is 3.76. The number of rotatable bonds is 1. The van der Waals surface area contributed by atoms with E-state index in [-0.39, 0.29) is 4.50 Å². The Morgan fingerprint density at radius 3 is 2.94 bits per heavy atom. The highest BCUT2D eigenvalue weighted by Gasteiger charge is 2.25. The molecule has 86 valence electrons. The minimum absolute atomic E-state index is 0.168. The molecule has 3 rings (SSSR count). The number of nitrogens with zero attached hydrogens (tertiary/aromatic N) is 2. The summed E-state index contributed by atoms with van der Waals surface area (Å²) in [6.45, 7) is 1.06. The number of benzene rings is 1. The Morgan fingerprint density at radius 2 is 2.12 bits per heavy atom. The molecule has 0 atom stereocenters. The zero-order valence-electron chi connectivity index (χ0n) is 9.24. The summed E-state index contributed by atoms with van der Waals surface area (Å²) in [5.41, 5.74) is 3.77. The van der Waals surface area contributed by atoms with Crippen LogP contribution in [0.25, 0.3) is 10.9 Å². The maximum absolute atomic E-state index is 4.54. The second-order valence-corrected chi connectivity index (χ2v) is 7.19. The Bertz CT molecular complexity index is 559. The highest BCUT2D eigenvalue weighted by Crippen LogP contribution is 2.35. The SMILES string of the molecule is BrB(Br)N1CCCc2ccc3cccnc3c21. The van der Waals surface area contributed by atoms with Crippen LogP contribution in [0.4, 0.5) is 5.69 Å². The van der Waals surface area contributed by atoms with E-state index in [0.29, 0.717) is 0 Å². The number of pyridine rings is 1. The fraction of sp³-hybridized carbons (Fsp3) is 0.250. The molecule has 1 aliphatic heterocycles. The van der Waals surface area contributed by atoms with Gasteiger partial charge in [-0.25, -0.2) is 0 Å². The van der Waals surface area contributed by atoms with Crippen LogP contribution in [0.2, 0.25) is 0 Å². The standard InChI is InChI=1S/C12H11BBr2N2/c14-13(15)17-8-2-4-10-6-5-9-3-1-7-16-11(9)12(10)17/h1,3,5-7H,2,4,8H2. The van der Waals surface area contributed by atoms with Crippen molar-refractivity contribution in [1.29, 1.82) is 0 Å². The first-order valence-electron chi connectivity index (χ1n) is 5.69. The molecule has 0 N–H and O–H groups in total. The first-order chi connectivity index (χ1) is 8.27. The van der Waals surface area contributed by atoms with Crippen molar-refractivity contribution in [2.24, 2.45) is 0 Å². The molecule has 0 saturated heterocycles. The van der Waals surface area contributed by atoms with Gasteiger partial charge in [-0.15, -0.1) is 31.5 Å². The summed E-state index contributed by atoms with van der Waals surface area (Å²) in [7, 11) is 0. The largest absolute Gasteiger partial charge is 0.410 e. The average Bonchev–Trinajstić information content (AvgIpc) is 2.37. The van der Waals surface area contributed by atoms with Gasteiger partial charge in [0.25, 0.3) is 0 Å². The van der Waals surface area contributed by atoms with Gasteiger partial charge in [0.2, 0.25) is 0 Å². The molecule has 2 nitrogen and oxygen atoms in total. The molecular weight excluding hydrogens is 343 g/mol. The van der Waals surface area contributed by atoms with E-state index in [9.17, 15) is 0 Å². The Hall–Kier alpha value is -0.545. The maximum Gasteiger partial charge on any atom is 0.410 e. The number of fused-ring (bicyclic) bond motifs is 3. The van der Waals surface area contributed by atoms with Crippen LogP contribution < -0.4 is 4.81 Å². The van der Waals surface area contributed by atoms with E-state index in [1.165, 1.54) is 23.1 Å². The third-order valence-corrected chi connectivity index (χ3v) is 4.19. The topological polar surface area (TPSA) is 16.1 Å². The third-order valence-electron chi connectivity index (χ3n) is 3.20. The molecule has 0 aliphatic carbocycles. The van der Waals surface area contributed by atoms with E-state index in [1.54, 1.807) is 0 Å². The second-order valence-electron chi connectivity index (χ2n) is 4.22. The van der Waals surface area contributed by atoms with Crippen LogP contribution in [0.5, 0.6) is 0 Å². The molecule has 2 heterocycles. The summed E-state index contributed by atoms with van der Waals surface area (Å²) in [6.07, 6.45) is 4.21. The molecule has 0 amide bonds. The number of aryl methyl sites for hydroxylation is 1. The monoisotopic (exact) mass is 352 g/mol. The van der Waals surface area contributed by atoms with Crippen molar-refractivity contribution in [3.05, 3.63) is 36.0 Å². The molecule has 1 aliphatic rings. The van der Waals surface area contributed by atoms with Gasteiger partial charge in [0.15, 0.2) is 0 Å². The Balaban J connectivity index is 2.28. The third kappa shape index (κ3) is 1.99. The lowest BCUT2D eigenvalue weighted by molar-refractivity contribution is 0.792. The Labute approximate surface area is 117 Å². The van der Waals surface area contributed by atoms with Crippen LogP contribution in [0.3, 0.4) is 0 Å². The maximum atomic E-state index is 4.54. The quantitative estimate of drug-likeness (QED) is 0.726. The average molecular weight is 354 g/mol. The van der Waals surface area contributed by atoms with Gasteiger partial charge in [0.05, 0.1) is 11.2 Å². The van der Waals surface area contributed by atoms with Gasteiger partial charge in [-0.2, -0.15) is 0 Å². The van der Waals surface area contributed by atoms with Gasteiger partial charge in [-0.3, -0.25) is 4.98 Å². The fourth-order valence-electron chi connectivity index (χ4n) is 2.44. The molecule has 1 aromatic carbocycles. The van der Waals surface area contributed by atoms with E-state index in [1.807, 2.05) is 12.3 Å². The minimum Gasteiger partial charge on any atom is -0.394 e. The molecule has 0 radical (unpaired) electrons. The van der Waals surface area contributed by atoms with Crippen LogP contribution in [0, 0.1) is 0 Å². The van der Waals surface area contributed by atoms with Crippen molar-refractivity contribution >= 4 is 52.6 Å². The summed E-state index contributed by atoms with van der Waals surface area (Å²) >= 11 is 7.21. The van der Waals surface area contributed by atoms with Crippen LogP contribution in [-0.2, 0) is 6.42 Å². The van der Waals surface area contributed by atoms with E-state index in [4.69, 9.17) is 0 Å². The highest BCUT2D eigenvalue weighted by atomic mass is 79.9. The molecule has 0 spiro atoms. The number of anilines is 1. The molecule has 0 saturated carbocycles. The zero-order valence-corrected chi connectivity index (χ0v) is 12.4. The summed E-state index contributed by atoms with van der Waals surface area (Å²) in [4.78, 5) is 6.87. The van der Waals surface area contributed by atoms with Crippen LogP contribution in [-0.4, -0.2) is 16.0 Å². The molecule has 5 heteroatoms. The molecule has 2 aromatic rings. The number of hydrogen-bond acceptors (Lipinski definition) is 2. The zero-order chi connectivity index (χ0) is 11.8. The summed E-state index contributed by atoms with van der Waals surface area (Å²) in [6, 6.07) is 8.50. The lowest BCUT2D eigenvalue weighted by Crippen LogP contribution is -2.35. The molecule has 0 fully saturated rings. The molecule has 17 heavy (non-hydrogen) atoms. The summed E-state index contributed by atoms with van der Waals surface area (Å²) in [5.74, 6) is 0. The number of aromatic nitrogens is 1. The second kappa shape index (κ2) is 4.61. The van der Waals surface area contributed by atoms with Crippen LogP contribution >= 0.6 is 31.5 Å². The molecular formula is C12H11BBr2N2. The smallest absolute Gasteiger partial charge is 0.394 e. The predicted molar refractivity (Wildman–Crippen MR) is 81.0 cm³/mol. The molecule has 1 aromatic heterocycles. The lowest BCUT2D eigenvalue weighted by atomic mass is 9.96. The summed E-state index contributed by atoms with van der Waals surface area (Å²) < 4.78 is 0.168. The van der Waals surface area contributed by atoms with Gasteiger partial charge in [-0.05, 0) is 24.5 Å². The van der Waals surface area contributed by atoms with E-state index >= 15 is 0 Å². The normalized spacial score (nSPS) is 14.8. The van der Waals surface area contributed by atoms with Crippen molar-refractivity contribution in [2.45, 2.75) is 12.8 Å². The number of hydrogen-bond donors (Lipinski definition) is 0. The van der Waals surface area contributed by atoms with Crippen LogP contribution in [0.15, 0.2) is 30.5 Å².